The fraction of sp³-hybridized carbons (Fsp3) is 0.0690. The van der Waals surface area contributed by atoms with E-state index >= 15 is 0 Å². The van der Waals surface area contributed by atoms with Gasteiger partial charge in [0, 0.05) is 28.8 Å². The Morgan fingerprint density at radius 1 is 0.750 bits per heavy atom. The van der Waals surface area contributed by atoms with E-state index < -0.39 is 0 Å². The van der Waals surface area contributed by atoms with E-state index in [4.69, 9.17) is 4.74 Å². The molecule has 4 aromatic rings. The van der Waals surface area contributed by atoms with Gasteiger partial charge in [-0.1, -0.05) is 52.3 Å². The van der Waals surface area contributed by atoms with Crippen molar-refractivity contribution in [1.82, 2.24) is 4.90 Å². The summed E-state index contributed by atoms with van der Waals surface area (Å²) in [5.41, 5.74) is 1.87. The van der Waals surface area contributed by atoms with Crippen molar-refractivity contribution in [3.8, 4) is 11.5 Å². The number of hydrogen-bond donors (Lipinski definition) is 0. The van der Waals surface area contributed by atoms with E-state index in [9.17, 15) is 14.4 Å². The lowest BCUT2D eigenvalue weighted by atomic mass is 10.1. The van der Waals surface area contributed by atoms with E-state index in [1.54, 1.807) is 71.6 Å². The Hall–Kier alpha value is -4.23. The van der Waals surface area contributed by atoms with E-state index in [1.165, 1.54) is 4.90 Å². The first kappa shape index (κ1) is 23.5. The van der Waals surface area contributed by atoms with E-state index in [0.717, 1.165) is 4.47 Å². The lowest BCUT2D eigenvalue weighted by Crippen LogP contribution is -2.41. The molecule has 1 aliphatic rings. The molecule has 4 aromatic carbocycles. The van der Waals surface area contributed by atoms with Crippen LogP contribution in [0.15, 0.2) is 108 Å². The highest BCUT2D eigenvalue weighted by Gasteiger charge is 2.35. The summed E-state index contributed by atoms with van der Waals surface area (Å²) in [6.45, 7) is 0.198. The monoisotopic (exact) mass is 540 g/mol. The van der Waals surface area contributed by atoms with Gasteiger partial charge in [0.1, 0.15) is 11.5 Å². The second-order valence-electron chi connectivity index (χ2n) is 8.18. The Balaban J connectivity index is 1.40. The molecule has 5 rings (SSSR count). The summed E-state index contributed by atoms with van der Waals surface area (Å²) in [5, 5.41) is 0. The van der Waals surface area contributed by atoms with Gasteiger partial charge in [0.25, 0.3) is 17.7 Å². The van der Waals surface area contributed by atoms with Gasteiger partial charge in [0.2, 0.25) is 0 Å². The molecular formula is C29H21BrN2O4. The SMILES string of the molecule is O=C1c2ccccc2C(=O)N1CCN(C(=O)c1cccc(Br)c1)c1ccc(Oc2ccccc2)cc1. The van der Waals surface area contributed by atoms with Crippen LogP contribution in [0.4, 0.5) is 5.69 Å². The Kier molecular flexibility index (Phi) is 6.64. The fourth-order valence-electron chi connectivity index (χ4n) is 4.09. The van der Waals surface area contributed by atoms with Gasteiger partial charge in [-0.2, -0.15) is 0 Å². The number of hydrogen-bond acceptors (Lipinski definition) is 4. The van der Waals surface area contributed by atoms with Crippen LogP contribution in [-0.2, 0) is 0 Å². The molecule has 0 unspecified atom stereocenters. The predicted molar refractivity (Wildman–Crippen MR) is 141 cm³/mol. The molecule has 1 heterocycles. The van der Waals surface area contributed by atoms with E-state index in [-0.39, 0.29) is 30.8 Å². The molecule has 0 aliphatic carbocycles. The van der Waals surface area contributed by atoms with Gasteiger partial charge in [-0.3, -0.25) is 19.3 Å². The predicted octanol–water partition coefficient (Wildman–Crippen LogP) is 6.18. The zero-order chi connectivity index (χ0) is 25.1. The van der Waals surface area contributed by atoms with Crippen LogP contribution in [0.1, 0.15) is 31.1 Å². The number of carbonyl (C=O) groups is 3. The summed E-state index contributed by atoms with van der Waals surface area (Å²) in [5.74, 6) is 0.386. The van der Waals surface area contributed by atoms with Crippen LogP contribution < -0.4 is 9.64 Å². The van der Waals surface area contributed by atoms with Gasteiger partial charge in [-0.15, -0.1) is 0 Å². The number of anilines is 1. The Morgan fingerprint density at radius 2 is 1.36 bits per heavy atom. The normalized spacial score (nSPS) is 12.4. The third kappa shape index (κ3) is 4.78. The first-order valence-corrected chi connectivity index (χ1v) is 12.2. The largest absolute Gasteiger partial charge is 0.457 e. The number of fused-ring (bicyclic) bond motifs is 1. The van der Waals surface area contributed by atoms with Gasteiger partial charge in [0.15, 0.2) is 0 Å². The first-order chi connectivity index (χ1) is 17.5. The maximum Gasteiger partial charge on any atom is 0.261 e. The van der Waals surface area contributed by atoms with E-state index in [2.05, 4.69) is 15.9 Å². The van der Waals surface area contributed by atoms with Gasteiger partial charge in [-0.25, -0.2) is 0 Å². The Bertz CT molecular complexity index is 1400. The Labute approximate surface area is 216 Å². The van der Waals surface area contributed by atoms with Crippen LogP contribution in [0.3, 0.4) is 0 Å². The van der Waals surface area contributed by atoms with Crippen LogP contribution in [0.2, 0.25) is 0 Å². The van der Waals surface area contributed by atoms with Crippen molar-refractivity contribution in [3.05, 3.63) is 124 Å². The minimum Gasteiger partial charge on any atom is -0.457 e. The number of carbonyl (C=O) groups excluding carboxylic acids is 3. The molecule has 36 heavy (non-hydrogen) atoms. The second kappa shape index (κ2) is 10.2. The summed E-state index contributed by atoms with van der Waals surface area (Å²) < 4.78 is 6.65. The molecule has 178 valence electrons. The third-order valence-corrected chi connectivity index (χ3v) is 6.36. The van der Waals surface area contributed by atoms with Crippen molar-refractivity contribution in [2.45, 2.75) is 0 Å². The first-order valence-electron chi connectivity index (χ1n) is 11.4. The summed E-state index contributed by atoms with van der Waals surface area (Å²) in [4.78, 5) is 42.0. The van der Waals surface area contributed by atoms with Crippen LogP contribution >= 0.6 is 15.9 Å². The minimum absolute atomic E-state index is 0.0638. The van der Waals surface area contributed by atoms with Crippen molar-refractivity contribution in [1.29, 1.82) is 0 Å². The van der Waals surface area contributed by atoms with Crippen molar-refractivity contribution in [3.63, 3.8) is 0 Å². The van der Waals surface area contributed by atoms with E-state index in [1.807, 2.05) is 36.4 Å². The molecule has 0 radical (unpaired) electrons. The minimum atomic E-state index is -0.350. The number of benzene rings is 4. The number of imide groups is 1. The molecule has 0 atom stereocenters. The number of amides is 3. The summed E-state index contributed by atoms with van der Waals surface area (Å²) in [6.07, 6.45) is 0. The number of halogens is 1. The fourth-order valence-corrected chi connectivity index (χ4v) is 4.49. The standard InChI is InChI=1S/C29H21BrN2O4/c30-21-8-6-7-20(19-21)27(33)31(17-18-32-28(34)25-11-4-5-12-26(25)29(32)35)22-13-15-24(16-14-22)36-23-9-2-1-3-10-23/h1-16,19H,17-18H2. The van der Waals surface area contributed by atoms with Crippen LogP contribution in [0.5, 0.6) is 11.5 Å². The highest BCUT2D eigenvalue weighted by Crippen LogP contribution is 2.27. The topological polar surface area (TPSA) is 66.9 Å². The average Bonchev–Trinajstić information content (AvgIpc) is 3.15. The smallest absolute Gasteiger partial charge is 0.261 e. The number of nitrogens with zero attached hydrogens (tertiary/aromatic N) is 2. The van der Waals surface area contributed by atoms with Crippen LogP contribution in [0, 0.1) is 0 Å². The number of ether oxygens (including phenoxy) is 1. The maximum atomic E-state index is 13.5. The summed E-state index contributed by atoms with van der Waals surface area (Å²) in [7, 11) is 0. The number of rotatable bonds is 7. The van der Waals surface area contributed by atoms with E-state index in [0.29, 0.717) is 33.9 Å². The highest BCUT2D eigenvalue weighted by molar-refractivity contribution is 9.10. The lowest BCUT2D eigenvalue weighted by Gasteiger charge is -2.25. The zero-order valence-electron chi connectivity index (χ0n) is 19.1. The Morgan fingerprint density at radius 3 is 2.00 bits per heavy atom. The van der Waals surface area contributed by atoms with Gasteiger partial charge < -0.3 is 9.64 Å². The molecular weight excluding hydrogens is 520 g/mol. The van der Waals surface area contributed by atoms with Gasteiger partial charge in [-0.05, 0) is 66.7 Å². The molecule has 6 nitrogen and oxygen atoms in total. The molecule has 0 fully saturated rings. The van der Waals surface area contributed by atoms with Crippen molar-refractivity contribution in [2.24, 2.45) is 0 Å². The van der Waals surface area contributed by atoms with Gasteiger partial charge >= 0.3 is 0 Å². The molecule has 0 saturated carbocycles. The van der Waals surface area contributed by atoms with Crippen molar-refractivity contribution in [2.75, 3.05) is 18.0 Å². The molecule has 0 saturated heterocycles. The summed E-state index contributed by atoms with van der Waals surface area (Å²) >= 11 is 3.42. The molecule has 0 bridgehead atoms. The third-order valence-electron chi connectivity index (χ3n) is 5.87. The van der Waals surface area contributed by atoms with Crippen LogP contribution in [0.25, 0.3) is 0 Å². The quantitative estimate of drug-likeness (QED) is 0.262. The van der Waals surface area contributed by atoms with Crippen LogP contribution in [-0.4, -0.2) is 35.7 Å². The molecule has 1 aliphatic heterocycles. The number of para-hydroxylation sites is 1. The second-order valence-corrected chi connectivity index (χ2v) is 9.10. The summed E-state index contributed by atoms with van der Waals surface area (Å²) in [6, 6.07) is 30.4. The molecule has 7 heteroatoms. The molecule has 0 N–H and O–H groups in total. The van der Waals surface area contributed by atoms with Crippen molar-refractivity contribution >= 4 is 39.3 Å². The molecule has 3 amide bonds. The maximum absolute atomic E-state index is 13.5. The average molecular weight is 541 g/mol. The molecule has 0 aromatic heterocycles. The lowest BCUT2D eigenvalue weighted by molar-refractivity contribution is 0.0654. The zero-order valence-corrected chi connectivity index (χ0v) is 20.7. The molecule has 0 spiro atoms. The van der Waals surface area contributed by atoms with Crippen molar-refractivity contribution < 1.29 is 19.1 Å². The highest BCUT2D eigenvalue weighted by atomic mass is 79.9. The van der Waals surface area contributed by atoms with Gasteiger partial charge in [0.05, 0.1) is 11.1 Å².